The first-order valence-corrected chi connectivity index (χ1v) is 0. The summed E-state index contributed by atoms with van der Waals surface area (Å²) in [5, 5.41) is 0. The zero-order valence-electron chi connectivity index (χ0n) is 6.41. The van der Waals surface area contributed by atoms with E-state index in [1.165, 1.54) is 0 Å². The topological polar surface area (TPSA) is 315 Å². The number of rotatable bonds is 0. The van der Waals surface area contributed by atoms with Crippen molar-refractivity contribution >= 4 is 0 Å². The van der Waals surface area contributed by atoms with Gasteiger partial charge in [-0.2, -0.15) is 0 Å². The molecule has 0 amide bonds. The van der Waals surface area contributed by atoms with Crippen molar-refractivity contribution in [2.75, 3.05) is 0 Å². The average molecular weight is 311 g/mol. The van der Waals surface area contributed by atoms with Gasteiger partial charge in [0.25, 0.3) is 0 Å². The van der Waals surface area contributed by atoms with Crippen LogP contribution in [-0.4, -0.2) is 54.8 Å². The van der Waals surface area contributed by atoms with Gasteiger partial charge in [-0.05, 0) is 0 Å². The quantitative estimate of drug-likeness (QED) is 0.376. The molecule has 0 heterocycles. The van der Waals surface area contributed by atoms with Gasteiger partial charge in [0, 0.05) is 39.0 Å². The maximum Gasteiger partial charge on any atom is 0 e. The summed E-state index contributed by atoms with van der Waals surface area (Å²) in [4.78, 5) is 0. The molecule has 0 aliphatic heterocycles. The van der Waals surface area contributed by atoms with Crippen LogP contribution in [0.3, 0.4) is 0 Å². The predicted molar refractivity (Wildman–Crippen MR) is 36.1 cm³/mol. The molecule has 0 aromatic carbocycles. The van der Waals surface area contributed by atoms with Crippen LogP contribution in [0.1, 0.15) is 0 Å². The summed E-state index contributed by atoms with van der Waals surface area (Å²) in [5.74, 6) is 0. The van der Waals surface area contributed by atoms with Crippen LogP contribution < -0.4 is 0 Å². The van der Waals surface area contributed by atoms with Crippen LogP contribution >= 0.6 is 0 Å². The van der Waals surface area contributed by atoms with E-state index in [0.717, 1.165) is 0 Å². The first-order valence-electron chi connectivity index (χ1n) is 0. The Labute approximate surface area is 93.9 Å². The standard InChI is InChI=1S/10H2O.2Zn/h10*1H2;;. The Hall–Kier alpha value is 0.847. The van der Waals surface area contributed by atoms with E-state index in [4.69, 9.17) is 0 Å². The van der Waals surface area contributed by atoms with E-state index in [1.54, 1.807) is 0 Å². The molecule has 0 atom stereocenters. The molecule has 0 aliphatic rings. The van der Waals surface area contributed by atoms with E-state index in [0.29, 0.717) is 0 Å². The Kier molecular flexibility index (Phi) is 407000. The SMILES string of the molecule is O.O.O.O.O.O.O.O.O.O.[Zn].[Zn]. The molecule has 0 spiro atoms. The molecule has 0 aliphatic carbocycles. The summed E-state index contributed by atoms with van der Waals surface area (Å²) < 4.78 is 0. The minimum atomic E-state index is 0. The number of hydrogen-bond donors (Lipinski definition) is 0. The Balaban J connectivity index is 0. The summed E-state index contributed by atoms with van der Waals surface area (Å²) in [6.07, 6.45) is 0. The van der Waals surface area contributed by atoms with Crippen LogP contribution in [0.4, 0.5) is 0 Å². The van der Waals surface area contributed by atoms with Gasteiger partial charge < -0.3 is 54.8 Å². The summed E-state index contributed by atoms with van der Waals surface area (Å²) in [5.41, 5.74) is 0. The van der Waals surface area contributed by atoms with Crippen LogP contribution in [0.25, 0.3) is 0 Å². The Morgan fingerprint density at radius 2 is 0.167 bits per heavy atom. The minimum absolute atomic E-state index is 0. The van der Waals surface area contributed by atoms with Gasteiger partial charge in [0.05, 0.1) is 0 Å². The maximum absolute atomic E-state index is 0. The van der Waals surface area contributed by atoms with Gasteiger partial charge in [-0.25, -0.2) is 0 Å². The largest absolute Gasteiger partial charge is 0.412 e. The maximum atomic E-state index is 0. The fraction of sp³-hybridized carbons (Fsp3) is 0. The van der Waals surface area contributed by atoms with E-state index >= 15 is 0 Å². The molecule has 0 fully saturated rings. The third kappa shape index (κ3) is 1470. The zero-order chi connectivity index (χ0) is 0. The monoisotopic (exact) mass is 308 g/mol. The van der Waals surface area contributed by atoms with Crippen molar-refractivity contribution in [1.82, 2.24) is 0 Å². The van der Waals surface area contributed by atoms with Gasteiger partial charge in [0.15, 0.2) is 0 Å². The molecule has 0 saturated heterocycles. The summed E-state index contributed by atoms with van der Waals surface area (Å²) in [6, 6.07) is 0. The summed E-state index contributed by atoms with van der Waals surface area (Å²) >= 11 is 0. The van der Waals surface area contributed by atoms with Crippen molar-refractivity contribution in [2.24, 2.45) is 0 Å². The Morgan fingerprint density at radius 1 is 0.167 bits per heavy atom. The minimum Gasteiger partial charge on any atom is -0.412 e. The van der Waals surface area contributed by atoms with Crippen molar-refractivity contribution in [3.05, 3.63) is 0 Å². The molecule has 0 aromatic heterocycles. The van der Waals surface area contributed by atoms with E-state index < -0.39 is 0 Å². The van der Waals surface area contributed by atoms with Gasteiger partial charge in [-0.1, -0.05) is 0 Å². The third-order valence-corrected chi connectivity index (χ3v) is 0. The first kappa shape index (κ1) is 2510. The summed E-state index contributed by atoms with van der Waals surface area (Å²) in [6.45, 7) is 0. The first-order chi connectivity index (χ1) is 0. The molecule has 0 bridgehead atoms. The second kappa shape index (κ2) is 1940. The van der Waals surface area contributed by atoms with Crippen molar-refractivity contribution in [3.8, 4) is 0 Å². The average Bonchev–Trinajstić information content (AvgIpc) is 0. The van der Waals surface area contributed by atoms with Crippen LogP contribution in [0.2, 0.25) is 0 Å². The second-order valence-electron chi connectivity index (χ2n) is 0. The van der Waals surface area contributed by atoms with Gasteiger partial charge in [-0.15, -0.1) is 0 Å². The molecule has 12 heavy (non-hydrogen) atoms. The summed E-state index contributed by atoms with van der Waals surface area (Å²) in [7, 11) is 0. The molecule has 0 radical (unpaired) electrons. The van der Waals surface area contributed by atoms with Gasteiger partial charge >= 0.3 is 0 Å². The molecule has 84 valence electrons. The van der Waals surface area contributed by atoms with Gasteiger partial charge in [0.2, 0.25) is 0 Å². The zero-order valence-corrected chi connectivity index (χ0v) is 12.3. The molecule has 12 heteroatoms. The molecular weight excluding hydrogens is 291 g/mol. The van der Waals surface area contributed by atoms with E-state index in [1.807, 2.05) is 0 Å². The van der Waals surface area contributed by atoms with Crippen LogP contribution in [0, 0.1) is 0 Å². The molecule has 0 aromatic rings. The van der Waals surface area contributed by atoms with Crippen molar-refractivity contribution in [2.45, 2.75) is 0 Å². The molecule has 20 N–H and O–H groups in total. The van der Waals surface area contributed by atoms with Crippen LogP contribution in [0.5, 0.6) is 0 Å². The smallest absolute Gasteiger partial charge is 0 e. The van der Waals surface area contributed by atoms with Crippen molar-refractivity contribution < 1.29 is 93.7 Å². The number of hydrogen-bond acceptors (Lipinski definition) is 0. The van der Waals surface area contributed by atoms with Gasteiger partial charge in [0.1, 0.15) is 0 Å². The Bertz CT molecular complexity index is 7.80. The predicted octanol–water partition coefficient (Wildman–Crippen LogP) is -8.25. The normalized spacial score (nSPS) is 0. The van der Waals surface area contributed by atoms with E-state index in [9.17, 15) is 0 Å². The second-order valence-corrected chi connectivity index (χ2v) is 0. The molecular formula is H20O10Zn2. The van der Waals surface area contributed by atoms with E-state index in [-0.39, 0.29) is 93.7 Å². The fourth-order valence-electron chi connectivity index (χ4n) is 0. The molecule has 10 nitrogen and oxygen atoms in total. The fourth-order valence-corrected chi connectivity index (χ4v) is 0. The molecule has 0 rings (SSSR count). The molecule has 0 unspecified atom stereocenters. The molecule has 0 saturated carbocycles. The Morgan fingerprint density at radius 3 is 0.167 bits per heavy atom. The van der Waals surface area contributed by atoms with Crippen molar-refractivity contribution in [1.29, 1.82) is 0 Å². The van der Waals surface area contributed by atoms with Gasteiger partial charge in [-0.3, -0.25) is 0 Å². The van der Waals surface area contributed by atoms with Crippen LogP contribution in [0.15, 0.2) is 0 Å². The van der Waals surface area contributed by atoms with Crippen LogP contribution in [-0.2, 0) is 39.0 Å². The third-order valence-electron chi connectivity index (χ3n) is 0. The van der Waals surface area contributed by atoms with Crippen molar-refractivity contribution in [3.63, 3.8) is 0 Å². The van der Waals surface area contributed by atoms with E-state index in [2.05, 4.69) is 0 Å².